The van der Waals surface area contributed by atoms with E-state index in [0.29, 0.717) is 6.61 Å². The molecule has 0 spiro atoms. The molecule has 148 valence electrons. The molecule has 1 saturated heterocycles. The zero-order valence-corrected chi connectivity index (χ0v) is 14.7. The van der Waals surface area contributed by atoms with Crippen LogP contribution in [-0.2, 0) is 6.42 Å². The van der Waals surface area contributed by atoms with E-state index in [9.17, 15) is 28.5 Å². The number of alkyl halides is 1. The van der Waals surface area contributed by atoms with Gasteiger partial charge in [0.25, 0.3) is 0 Å². The van der Waals surface area contributed by atoms with Crippen molar-refractivity contribution in [1.29, 1.82) is 0 Å². The Balaban J connectivity index is 2.04. The maximum Gasteiger partial charge on any atom is 0.133 e. The summed E-state index contributed by atoms with van der Waals surface area (Å²) in [6.45, 7) is 1.35. The molecule has 1 fully saturated rings. The molecular formula is C18H26F3NO4. The predicted octanol–water partition coefficient (Wildman–Crippen LogP) is 1.42. The number of hydrogen-bond donors (Lipinski definition) is 3. The molecule has 1 heterocycles. The minimum atomic E-state index is -1.47. The van der Waals surface area contributed by atoms with Gasteiger partial charge in [-0.3, -0.25) is 4.90 Å². The van der Waals surface area contributed by atoms with Crippen molar-refractivity contribution in [2.24, 2.45) is 0 Å². The molecular weight excluding hydrogens is 351 g/mol. The number of unbranched alkanes of at least 4 members (excludes halogenated alkanes) is 1. The first-order valence-corrected chi connectivity index (χ1v) is 8.84. The lowest BCUT2D eigenvalue weighted by Crippen LogP contribution is -2.62. The summed E-state index contributed by atoms with van der Waals surface area (Å²) in [5.41, 5.74) is -0.166. The van der Waals surface area contributed by atoms with Crippen LogP contribution in [0.4, 0.5) is 13.2 Å². The van der Waals surface area contributed by atoms with E-state index in [1.54, 1.807) is 0 Å². The number of hydrogen-bond acceptors (Lipinski definition) is 5. The van der Waals surface area contributed by atoms with Crippen LogP contribution in [-0.4, -0.2) is 70.9 Å². The molecule has 8 heteroatoms. The second kappa shape index (κ2) is 9.55. The monoisotopic (exact) mass is 377 g/mol. The minimum Gasteiger partial charge on any atom is -0.493 e. The number of nitrogens with zero attached hydrogens (tertiary/aromatic N) is 1. The summed E-state index contributed by atoms with van der Waals surface area (Å²) in [7, 11) is 0. The fourth-order valence-corrected chi connectivity index (χ4v) is 3.09. The highest BCUT2D eigenvalue weighted by Crippen LogP contribution is 2.24. The lowest BCUT2D eigenvalue weighted by atomic mass is 9.94. The lowest BCUT2D eigenvalue weighted by molar-refractivity contribution is -0.140. The zero-order valence-electron chi connectivity index (χ0n) is 14.7. The quantitative estimate of drug-likeness (QED) is 0.598. The molecule has 1 aliphatic rings. The van der Waals surface area contributed by atoms with E-state index >= 15 is 0 Å². The van der Waals surface area contributed by atoms with Crippen molar-refractivity contribution in [3.8, 4) is 5.75 Å². The number of rotatable bonds is 8. The van der Waals surface area contributed by atoms with Crippen LogP contribution in [0, 0.1) is 11.6 Å². The van der Waals surface area contributed by atoms with E-state index in [4.69, 9.17) is 4.74 Å². The summed E-state index contributed by atoms with van der Waals surface area (Å²) in [6.07, 6.45) is -2.55. The average Bonchev–Trinajstić information content (AvgIpc) is 2.59. The molecule has 1 aliphatic heterocycles. The summed E-state index contributed by atoms with van der Waals surface area (Å²) < 4.78 is 46.9. The minimum absolute atomic E-state index is 0.0271. The van der Waals surface area contributed by atoms with Crippen LogP contribution in [0.15, 0.2) is 12.1 Å². The maximum absolute atomic E-state index is 14.2. The molecule has 1 aromatic rings. The van der Waals surface area contributed by atoms with Crippen LogP contribution in [0.3, 0.4) is 0 Å². The van der Waals surface area contributed by atoms with E-state index in [-0.39, 0.29) is 30.8 Å². The molecule has 0 radical (unpaired) electrons. The molecule has 2 rings (SSSR count). The van der Waals surface area contributed by atoms with E-state index in [2.05, 4.69) is 0 Å². The van der Waals surface area contributed by atoms with Gasteiger partial charge in [-0.2, -0.15) is 0 Å². The zero-order chi connectivity index (χ0) is 19.3. The van der Waals surface area contributed by atoms with Gasteiger partial charge in [-0.15, -0.1) is 0 Å². The molecule has 1 aromatic carbocycles. The molecule has 4 atom stereocenters. The van der Waals surface area contributed by atoms with Crippen LogP contribution >= 0.6 is 0 Å². The van der Waals surface area contributed by atoms with Crippen LogP contribution in [0.5, 0.6) is 5.75 Å². The second-order valence-corrected chi connectivity index (χ2v) is 6.58. The molecule has 0 unspecified atom stereocenters. The summed E-state index contributed by atoms with van der Waals surface area (Å²) in [4.78, 5) is 1.40. The van der Waals surface area contributed by atoms with Crippen molar-refractivity contribution in [3.05, 3.63) is 29.3 Å². The highest BCUT2D eigenvalue weighted by Gasteiger charge is 2.41. The number of piperidine rings is 1. The Morgan fingerprint density at radius 2 is 1.81 bits per heavy atom. The lowest BCUT2D eigenvalue weighted by Gasteiger charge is -2.42. The number of likely N-dealkylation sites (tertiary alicyclic amines) is 1. The highest BCUT2D eigenvalue weighted by atomic mass is 19.1. The Labute approximate surface area is 151 Å². The van der Waals surface area contributed by atoms with Gasteiger partial charge in [0.2, 0.25) is 0 Å². The van der Waals surface area contributed by atoms with Gasteiger partial charge in [-0.25, -0.2) is 13.2 Å². The summed E-state index contributed by atoms with van der Waals surface area (Å²) in [5.74, 6) is -1.40. The Morgan fingerprint density at radius 3 is 2.38 bits per heavy atom. The maximum atomic E-state index is 14.2. The van der Waals surface area contributed by atoms with Crippen molar-refractivity contribution in [2.75, 3.05) is 26.4 Å². The van der Waals surface area contributed by atoms with Gasteiger partial charge in [-0.1, -0.05) is 13.3 Å². The van der Waals surface area contributed by atoms with E-state index < -0.39 is 42.7 Å². The van der Waals surface area contributed by atoms with Crippen LogP contribution < -0.4 is 4.74 Å². The molecule has 0 aliphatic carbocycles. The fourth-order valence-electron chi connectivity index (χ4n) is 3.09. The fraction of sp³-hybridized carbons (Fsp3) is 0.667. The molecule has 26 heavy (non-hydrogen) atoms. The van der Waals surface area contributed by atoms with Gasteiger partial charge in [0.05, 0.1) is 18.8 Å². The van der Waals surface area contributed by atoms with Gasteiger partial charge >= 0.3 is 0 Å². The van der Waals surface area contributed by atoms with Crippen LogP contribution in [0.1, 0.15) is 25.3 Å². The van der Waals surface area contributed by atoms with Crippen molar-refractivity contribution in [3.63, 3.8) is 0 Å². The van der Waals surface area contributed by atoms with Crippen molar-refractivity contribution < 1.29 is 33.2 Å². The number of β-amino-alcohol motifs (C(OH)–C–C–N with tert-alkyl or cyclic N) is 1. The van der Waals surface area contributed by atoms with Crippen molar-refractivity contribution in [2.45, 2.75) is 50.5 Å². The van der Waals surface area contributed by atoms with Gasteiger partial charge in [-0.05, 0) is 12.8 Å². The summed E-state index contributed by atoms with van der Waals surface area (Å²) in [6, 6.07) is 1.20. The second-order valence-electron chi connectivity index (χ2n) is 6.58. The number of halogens is 3. The molecule has 0 amide bonds. The predicted molar refractivity (Wildman–Crippen MR) is 89.8 cm³/mol. The summed E-state index contributed by atoms with van der Waals surface area (Å²) in [5, 5.41) is 29.2. The molecule has 3 N–H and O–H groups in total. The van der Waals surface area contributed by atoms with Gasteiger partial charge in [0, 0.05) is 30.8 Å². The third kappa shape index (κ3) is 4.88. The Hall–Kier alpha value is -1.35. The van der Waals surface area contributed by atoms with Gasteiger partial charge in [0.1, 0.15) is 36.3 Å². The molecule has 0 aromatic heterocycles. The number of aliphatic hydroxyl groups is 3. The molecule has 5 nitrogen and oxygen atoms in total. The van der Waals surface area contributed by atoms with Crippen molar-refractivity contribution in [1.82, 2.24) is 4.90 Å². The van der Waals surface area contributed by atoms with Gasteiger partial charge < -0.3 is 20.1 Å². The molecule has 0 bridgehead atoms. The first kappa shape index (κ1) is 21.0. The van der Waals surface area contributed by atoms with Crippen LogP contribution in [0.25, 0.3) is 0 Å². The Morgan fingerprint density at radius 1 is 1.15 bits per heavy atom. The number of ether oxygens (including phenoxy) is 1. The third-order valence-corrected chi connectivity index (χ3v) is 4.72. The van der Waals surface area contributed by atoms with E-state index in [1.807, 2.05) is 6.92 Å². The largest absolute Gasteiger partial charge is 0.493 e. The third-order valence-electron chi connectivity index (χ3n) is 4.72. The Kier molecular flexibility index (Phi) is 7.69. The SMILES string of the molecule is CCCCOc1cc(F)c(CCN2C[C@H](O)[C@@H](O)[C@H](O)[C@@H]2CF)c(F)c1. The highest BCUT2D eigenvalue weighted by molar-refractivity contribution is 5.31. The normalized spacial score (nSPS) is 26.9. The van der Waals surface area contributed by atoms with E-state index in [1.165, 1.54) is 4.90 Å². The average molecular weight is 377 g/mol. The number of benzene rings is 1. The Bertz CT molecular complexity index is 567. The topological polar surface area (TPSA) is 73.2 Å². The first-order chi connectivity index (χ1) is 12.4. The molecule has 0 saturated carbocycles. The van der Waals surface area contributed by atoms with Gasteiger partial charge in [0.15, 0.2) is 0 Å². The summed E-state index contributed by atoms with van der Waals surface area (Å²) >= 11 is 0. The smallest absolute Gasteiger partial charge is 0.133 e. The first-order valence-electron chi connectivity index (χ1n) is 8.84. The van der Waals surface area contributed by atoms with Crippen LogP contribution in [0.2, 0.25) is 0 Å². The standard InChI is InChI=1S/C18H26F3NO4/c1-2-3-6-26-11-7-13(20)12(14(21)8-11)4-5-22-10-16(23)18(25)17(24)15(22)9-19/h7-8,15-18,23-25H,2-6,9-10H2,1H3/t15-,16-,17+,18+/m0/s1. The van der Waals surface area contributed by atoms with E-state index in [0.717, 1.165) is 25.0 Å². The number of aliphatic hydroxyl groups excluding tert-OH is 3. The van der Waals surface area contributed by atoms with Crippen molar-refractivity contribution >= 4 is 0 Å².